The minimum absolute atomic E-state index is 0.133. The fourth-order valence-corrected chi connectivity index (χ4v) is 4.78. The molecule has 5 rings (SSSR count). The first-order chi connectivity index (χ1) is 18.0. The van der Waals surface area contributed by atoms with Crippen LogP contribution in [-0.2, 0) is 16.1 Å². The van der Waals surface area contributed by atoms with Gasteiger partial charge in [-0.05, 0) is 79.8 Å². The van der Waals surface area contributed by atoms with E-state index in [1.54, 1.807) is 0 Å². The molecule has 1 fully saturated rings. The number of benzene rings is 3. The van der Waals surface area contributed by atoms with E-state index < -0.39 is 6.10 Å². The summed E-state index contributed by atoms with van der Waals surface area (Å²) in [4.78, 5) is 15.8. The quantitative estimate of drug-likeness (QED) is 0.416. The molecule has 37 heavy (non-hydrogen) atoms. The normalized spacial score (nSPS) is 17.1. The van der Waals surface area contributed by atoms with Gasteiger partial charge in [-0.15, -0.1) is 0 Å². The van der Waals surface area contributed by atoms with Gasteiger partial charge in [-0.25, -0.2) is 0 Å². The number of rotatable bonds is 10. The Labute approximate surface area is 218 Å². The first-order valence-electron chi connectivity index (χ1n) is 12.9. The highest BCUT2D eigenvalue weighted by molar-refractivity contribution is 5.94. The minimum atomic E-state index is -0.724. The molecule has 0 aromatic heterocycles. The summed E-state index contributed by atoms with van der Waals surface area (Å²) in [6, 6.07) is 21.6. The average molecular weight is 503 g/mol. The Balaban J connectivity index is 1.38. The van der Waals surface area contributed by atoms with Gasteiger partial charge in [0.15, 0.2) is 17.6 Å². The highest BCUT2D eigenvalue weighted by atomic mass is 16.7. The van der Waals surface area contributed by atoms with Crippen molar-refractivity contribution in [1.82, 2.24) is 4.90 Å². The zero-order valence-electron chi connectivity index (χ0n) is 21.4. The molecule has 0 spiro atoms. The van der Waals surface area contributed by atoms with Crippen LogP contribution < -0.4 is 19.5 Å². The monoisotopic (exact) mass is 502 g/mol. The van der Waals surface area contributed by atoms with Crippen LogP contribution in [0, 0.1) is 13.8 Å². The first-order valence-corrected chi connectivity index (χ1v) is 12.9. The van der Waals surface area contributed by atoms with Gasteiger partial charge < -0.3 is 24.3 Å². The Bertz CT molecular complexity index is 1220. The molecule has 2 heterocycles. The Morgan fingerprint density at radius 1 is 1.03 bits per heavy atom. The summed E-state index contributed by atoms with van der Waals surface area (Å²) >= 11 is 0. The van der Waals surface area contributed by atoms with E-state index >= 15 is 0 Å². The maximum atomic E-state index is 13.6. The summed E-state index contributed by atoms with van der Waals surface area (Å²) in [7, 11) is 0. The number of carbonyl (C=O) groups excluding carboxylic acids is 1. The van der Waals surface area contributed by atoms with E-state index in [1.165, 1.54) is 0 Å². The van der Waals surface area contributed by atoms with E-state index in [0.717, 1.165) is 53.3 Å². The summed E-state index contributed by atoms with van der Waals surface area (Å²) in [5.41, 5.74) is 3.99. The van der Waals surface area contributed by atoms with Gasteiger partial charge in [0.05, 0.1) is 6.10 Å². The Kier molecular flexibility index (Phi) is 7.92. The lowest BCUT2D eigenvalue weighted by atomic mass is 10.1. The number of amides is 1. The lowest BCUT2D eigenvalue weighted by molar-refractivity contribution is -0.123. The van der Waals surface area contributed by atoms with Gasteiger partial charge in [-0.3, -0.25) is 9.69 Å². The number of nitrogens with one attached hydrogen (secondary N) is 1. The van der Waals surface area contributed by atoms with E-state index in [9.17, 15) is 4.79 Å². The second-order valence-electron chi connectivity index (χ2n) is 9.80. The van der Waals surface area contributed by atoms with Crippen LogP contribution >= 0.6 is 0 Å². The molecule has 1 amide bonds. The molecule has 194 valence electrons. The van der Waals surface area contributed by atoms with Crippen LogP contribution in [0.15, 0.2) is 66.7 Å². The third-order valence-corrected chi connectivity index (χ3v) is 6.60. The summed E-state index contributed by atoms with van der Waals surface area (Å²) < 4.78 is 23.3. The third kappa shape index (κ3) is 6.81. The fourth-order valence-electron chi connectivity index (χ4n) is 4.78. The van der Waals surface area contributed by atoms with E-state index in [1.807, 2.05) is 80.6 Å². The molecule has 0 radical (unpaired) electrons. The Hall–Kier alpha value is -3.55. The highest BCUT2D eigenvalue weighted by Crippen LogP contribution is 2.33. The van der Waals surface area contributed by atoms with Gasteiger partial charge in [0, 0.05) is 31.9 Å². The Morgan fingerprint density at radius 3 is 2.62 bits per heavy atom. The SMILES string of the molecule is Cc1cccc(NC(=O)[C@@H](CN(Cc2ccc3c(c2)OCO3)C[C@H]2CCCO2)Oc2cccc(C)c2)c1. The number of hydrogen-bond acceptors (Lipinski definition) is 6. The molecule has 1 N–H and O–H groups in total. The van der Waals surface area contributed by atoms with Crippen LogP contribution in [0.5, 0.6) is 17.2 Å². The number of ether oxygens (including phenoxy) is 4. The van der Waals surface area contributed by atoms with Crippen LogP contribution in [0.4, 0.5) is 5.69 Å². The molecule has 1 saturated heterocycles. The van der Waals surface area contributed by atoms with Crippen molar-refractivity contribution in [2.75, 3.05) is 31.8 Å². The van der Waals surface area contributed by atoms with E-state index in [2.05, 4.69) is 10.2 Å². The summed E-state index contributed by atoms with van der Waals surface area (Å²) in [6.45, 7) is 6.77. The third-order valence-electron chi connectivity index (χ3n) is 6.60. The second-order valence-corrected chi connectivity index (χ2v) is 9.80. The van der Waals surface area contributed by atoms with Gasteiger partial charge in [0.25, 0.3) is 5.91 Å². The molecule has 2 atom stereocenters. The molecule has 2 aliphatic rings. The van der Waals surface area contributed by atoms with Gasteiger partial charge in [0.1, 0.15) is 5.75 Å². The molecular weight excluding hydrogens is 468 g/mol. The van der Waals surface area contributed by atoms with Gasteiger partial charge in [0.2, 0.25) is 6.79 Å². The highest BCUT2D eigenvalue weighted by Gasteiger charge is 2.28. The number of carbonyl (C=O) groups is 1. The number of nitrogens with zero attached hydrogens (tertiary/aromatic N) is 1. The average Bonchev–Trinajstić information content (AvgIpc) is 3.55. The summed E-state index contributed by atoms with van der Waals surface area (Å²) in [5.74, 6) is 1.99. The van der Waals surface area contributed by atoms with Crippen molar-refractivity contribution >= 4 is 11.6 Å². The first kappa shape index (κ1) is 25.1. The van der Waals surface area contributed by atoms with E-state index in [0.29, 0.717) is 25.4 Å². The number of aryl methyl sites for hydroxylation is 2. The van der Waals surface area contributed by atoms with Gasteiger partial charge in [-0.1, -0.05) is 30.3 Å². The molecule has 7 nitrogen and oxygen atoms in total. The van der Waals surface area contributed by atoms with Crippen LogP contribution in [0.2, 0.25) is 0 Å². The van der Waals surface area contributed by atoms with Crippen molar-refractivity contribution < 1.29 is 23.7 Å². The second kappa shape index (κ2) is 11.7. The predicted molar refractivity (Wildman–Crippen MR) is 142 cm³/mol. The van der Waals surface area contributed by atoms with Crippen molar-refractivity contribution in [2.45, 2.75) is 45.4 Å². The van der Waals surface area contributed by atoms with Gasteiger partial charge >= 0.3 is 0 Å². The Morgan fingerprint density at radius 2 is 1.84 bits per heavy atom. The van der Waals surface area contributed by atoms with Crippen molar-refractivity contribution in [1.29, 1.82) is 0 Å². The van der Waals surface area contributed by atoms with Crippen molar-refractivity contribution in [3.8, 4) is 17.2 Å². The van der Waals surface area contributed by atoms with Crippen LogP contribution in [0.3, 0.4) is 0 Å². The number of anilines is 1. The molecule has 0 aliphatic carbocycles. The molecular formula is C30H34N2O5. The number of hydrogen-bond donors (Lipinski definition) is 1. The minimum Gasteiger partial charge on any atom is -0.479 e. The van der Waals surface area contributed by atoms with Crippen molar-refractivity contribution in [2.24, 2.45) is 0 Å². The zero-order valence-corrected chi connectivity index (χ0v) is 21.4. The predicted octanol–water partition coefficient (Wildman–Crippen LogP) is 5.10. The molecule has 0 saturated carbocycles. The smallest absolute Gasteiger partial charge is 0.266 e. The summed E-state index contributed by atoms with van der Waals surface area (Å²) in [5, 5.41) is 3.06. The lowest BCUT2D eigenvalue weighted by Crippen LogP contribution is -2.45. The lowest BCUT2D eigenvalue weighted by Gasteiger charge is -2.29. The maximum absolute atomic E-state index is 13.6. The zero-order chi connectivity index (χ0) is 25.6. The molecule has 2 aliphatic heterocycles. The topological polar surface area (TPSA) is 69.3 Å². The molecule has 3 aromatic carbocycles. The van der Waals surface area contributed by atoms with Crippen LogP contribution in [-0.4, -0.2) is 49.5 Å². The maximum Gasteiger partial charge on any atom is 0.266 e. The fraction of sp³-hybridized carbons (Fsp3) is 0.367. The molecule has 7 heteroatoms. The van der Waals surface area contributed by atoms with Gasteiger partial charge in [-0.2, -0.15) is 0 Å². The molecule has 3 aromatic rings. The van der Waals surface area contributed by atoms with Crippen molar-refractivity contribution in [3.05, 3.63) is 83.4 Å². The van der Waals surface area contributed by atoms with Crippen LogP contribution in [0.1, 0.15) is 29.5 Å². The largest absolute Gasteiger partial charge is 0.479 e. The van der Waals surface area contributed by atoms with E-state index in [-0.39, 0.29) is 18.8 Å². The van der Waals surface area contributed by atoms with Crippen LogP contribution in [0.25, 0.3) is 0 Å². The number of fused-ring (bicyclic) bond motifs is 1. The summed E-state index contributed by atoms with van der Waals surface area (Å²) in [6.07, 6.45) is 1.47. The van der Waals surface area contributed by atoms with E-state index in [4.69, 9.17) is 18.9 Å². The van der Waals surface area contributed by atoms with Crippen molar-refractivity contribution in [3.63, 3.8) is 0 Å². The molecule has 0 bridgehead atoms. The standard InChI is InChI=1S/C30H34N2O5/c1-21-6-3-8-24(14-21)31-30(33)29(37-25-9-4-7-22(2)15-25)19-32(18-26-10-5-13-34-26)17-23-11-12-27-28(16-23)36-20-35-27/h3-4,6-9,11-12,14-16,26,29H,5,10,13,17-20H2,1-2H3,(H,31,33)/t26-,29-/m1/s1. The molecule has 0 unspecified atom stereocenters.